The van der Waals surface area contributed by atoms with Crippen LogP contribution < -0.4 is 11.3 Å². The predicted molar refractivity (Wildman–Crippen MR) is 89.7 cm³/mol. The monoisotopic (exact) mass is 300 g/mol. The van der Waals surface area contributed by atoms with E-state index in [0.717, 1.165) is 10.5 Å². The Morgan fingerprint density at radius 2 is 2.00 bits per heavy atom. The lowest BCUT2D eigenvalue weighted by Crippen LogP contribution is -2.47. The highest BCUT2D eigenvalue weighted by Crippen LogP contribution is 2.39. The van der Waals surface area contributed by atoms with E-state index in [-0.39, 0.29) is 0 Å². The molecule has 4 heteroatoms. The number of hydrazine groups is 1. The average molecular weight is 301 g/mol. The van der Waals surface area contributed by atoms with E-state index in [1.165, 1.54) is 44.3 Å². The fourth-order valence-electron chi connectivity index (χ4n) is 2.93. The maximum absolute atomic E-state index is 5.89. The number of hydrogen-bond acceptors (Lipinski definition) is 4. The molecule has 2 rings (SSSR count). The van der Waals surface area contributed by atoms with Crippen LogP contribution in [0.5, 0.6) is 0 Å². The van der Waals surface area contributed by atoms with Crippen LogP contribution >= 0.6 is 23.5 Å². The number of nitrogens with two attached hydrogens (primary N) is 1. The first kappa shape index (κ1) is 15.7. The molecule has 2 aliphatic rings. The summed E-state index contributed by atoms with van der Waals surface area (Å²) in [5.74, 6) is 7.12. The molecule has 0 amide bonds. The summed E-state index contributed by atoms with van der Waals surface area (Å²) in [5, 5.41) is 2.13. The van der Waals surface area contributed by atoms with Crippen molar-refractivity contribution in [2.24, 2.45) is 5.84 Å². The zero-order valence-electron chi connectivity index (χ0n) is 12.2. The summed E-state index contributed by atoms with van der Waals surface area (Å²) in [6, 6.07) is 0.380. The van der Waals surface area contributed by atoms with Crippen LogP contribution in [-0.2, 0) is 0 Å². The Kier molecular flexibility index (Phi) is 6.60. The lowest BCUT2D eigenvalue weighted by atomic mass is 9.94. The van der Waals surface area contributed by atoms with Crippen LogP contribution in [0.15, 0.2) is 11.6 Å². The molecule has 1 aliphatic carbocycles. The van der Waals surface area contributed by atoms with Crippen molar-refractivity contribution in [2.75, 3.05) is 5.75 Å². The molecule has 0 aromatic carbocycles. The second kappa shape index (κ2) is 7.96. The summed E-state index contributed by atoms with van der Waals surface area (Å²) in [6.45, 7) is 4.70. The number of allylic oxidation sites excluding steroid dienone is 1. The molecule has 1 fully saturated rings. The van der Waals surface area contributed by atoms with Gasteiger partial charge in [0.1, 0.15) is 0 Å². The molecule has 0 radical (unpaired) electrons. The third-order valence-corrected chi connectivity index (χ3v) is 7.85. The van der Waals surface area contributed by atoms with Crippen molar-refractivity contribution >= 4 is 23.5 Å². The minimum absolute atomic E-state index is 0.380. The van der Waals surface area contributed by atoms with E-state index in [1.807, 2.05) is 0 Å². The van der Waals surface area contributed by atoms with Gasteiger partial charge in [0, 0.05) is 21.5 Å². The smallest absolute Gasteiger partial charge is 0.0546 e. The average Bonchev–Trinajstić information content (AvgIpc) is 2.36. The summed E-state index contributed by atoms with van der Waals surface area (Å²) in [4.78, 5) is 0. The largest absolute Gasteiger partial charge is 0.271 e. The molecule has 0 aromatic heterocycles. The second-order valence-corrected chi connectivity index (χ2v) is 8.83. The van der Waals surface area contributed by atoms with Crippen LogP contribution in [0, 0.1) is 0 Å². The fourth-order valence-corrected chi connectivity index (χ4v) is 6.05. The molecule has 2 nitrogen and oxygen atoms in total. The van der Waals surface area contributed by atoms with Crippen LogP contribution in [0.3, 0.4) is 0 Å². The summed E-state index contributed by atoms with van der Waals surface area (Å²) in [6.07, 6.45) is 10.4. The molecular weight excluding hydrogens is 272 g/mol. The summed E-state index contributed by atoms with van der Waals surface area (Å²) in [5.41, 5.74) is 4.69. The fraction of sp³-hybridized carbons (Fsp3) is 0.867. The Labute approximate surface area is 126 Å². The van der Waals surface area contributed by atoms with Crippen LogP contribution in [0.25, 0.3) is 0 Å². The minimum atomic E-state index is 0.380. The van der Waals surface area contributed by atoms with E-state index in [9.17, 15) is 0 Å². The Morgan fingerprint density at radius 1 is 1.21 bits per heavy atom. The van der Waals surface area contributed by atoms with Gasteiger partial charge in [0.15, 0.2) is 0 Å². The van der Waals surface area contributed by atoms with Gasteiger partial charge in [0.25, 0.3) is 0 Å². The normalized spacial score (nSPS) is 35.1. The van der Waals surface area contributed by atoms with E-state index < -0.39 is 0 Å². The van der Waals surface area contributed by atoms with Gasteiger partial charge in [-0.05, 0) is 25.7 Å². The van der Waals surface area contributed by atoms with E-state index >= 15 is 0 Å². The maximum atomic E-state index is 5.89. The molecular formula is C15H28N2S2. The molecule has 110 valence electrons. The molecule has 3 N–H and O–H groups in total. The highest BCUT2D eigenvalue weighted by molar-refractivity contribution is 8.07. The van der Waals surface area contributed by atoms with Gasteiger partial charge in [-0.15, -0.1) is 0 Å². The van der Waals surface area contributed by atoms with Crippen LogP contribution in [0.4, 0.5) is 0 Å². The molecule has 0 spiro atoms. The van der Waals surface area contributed by atoms with Gasteiger partial charge in [-0.2, -0.15) is 23.5 Å². The summed E-state index contributed by atoms with van der Waals surface area (Å²) < 4.78 is 0. The van der Waals surface area contributed by atoms with Gasteiger partial charge >= 0.3 is 0 Å². The van der Waals surface area contributed by atoms with Crippen molar-refractivity contribution in [3.8, 4) is 0 Å². The van der Waals surface area contributed by atoms with Crippen LogP contribution in [0.1, 0.15) is 52.4 Å². The summed E-state index contributed by atoms with van der Waals surface area (Å²) >= 11 is 4.24. The Balaban J connectivity index is 2.01. The van der Waals surface area contributed by atoms with Crippen LogP contribution in [-0.4, -0.2) is 27.5 Å². The van der Waals surface area contributed by atoms with Crippen molar-refractivity contribution in [2.45, 2.75) is 74.2 Å². The lowest BCUT2D eigenvalue weighted by Gasteiger charge is -2.37. The van der Waals surface area contributed by atoms with Gasteiger partial charge in [0.05, 0.1) is 6.04 Å². The molecule has 1 heterocycles. The zero-order chi connectivity index (χ0) is 13.7. The van der Waals surface area contributed by atoms with Crippen molar-refractivity contribution in [1.82, 2.24) is 5.43 Å². The van der Waals surface area contributed by atoms with Gasteiger partial charge in [-0.1, -0.05) is 38.3 Å². The van der Waals surface area contributed by atoms with Gasteiger partial charge in [-0.25, -0.2) is 0 Å². The topological polar surface area (TPSA) is 38.0 Å². The molecule has 0 bridgehead atoms. The first-order chi connectivity index (χ1) is 9.22. The highest BCUT2D eigenvalue weighted by Gasteiger charge is 2.32. The van der Waals surface area contributed by atoms with E-state index in [0.29, 0.717) is 11.3 Å². The van der Waals surface area contributed by atoms with E-state index in [2.05, 4.69) is 48.9 Å². The molecule has 4 unspecified atom stereocenters. The van der Waals surface area contributed by atoms with Crippen molar-refractivity contribution in [3.05, 3.63) is 11.6 Å². The SMILES string of the molecule is CC1SCC(C(NN)C2=CCCCCCC2)SC1C. The number of nitrogens with one attached hydrogen (secondary N) is 1. The standard InChI is InChI=1S/C15H28N2S2/c1-11-12(2)19-14(10-18-11)15(17-16)13-8-6-4-3-5-7-9-13/h8,11-12,14-15,17H,3-7,9-10,16H2,1-2H3. The maximum Gasteiger partial charge on any atom is 0.0546 e. The molecule has 0 saturated carbocycles. The Bertz CT molecular complexity index is 307. The van der Waals surface area contributed by atoms with Gasteiger partial charge in [-0.3, -0.25) is 11.3 Å². The second-order valence-electron chi connectivity index (χ2n) is 5.79. The molecule has 1 saturated heterocycles. The number of hydrogen-bond donors (Lipinski definition) is 2. The van der Waals surface area contributed by atoms with Gasteiger partial charge in [0.2, 0.25) is 0 Å². The predicted octanol–water partition coefficient (Wildman–Crippen LogP) is 3.72. The molecule has 4 atom stereocenters. The van der Waals surface area contributed by atoms with Crippen molar-refractivity contribution in [3.63, 3.8) is 0 Å². The van der Waals surface area contributed by atoms with Crippen LogP contribution in [0.2, 0.25) is 0 Å². The third kappa shape index (κ3) is 4.42. The van der Waals surface area contributed by atoms with Gasteiger partial charge < -0.3 is 0 Å². The van der Waals surface area contributed by atoms with Crippen molar-refractivity contribution < 1.29 is 0 Å². The summed E-state index contributed by atoms with van der Waals surface area (Å²) in [7, 11) is 0. The Hall–Kier alpha value is 0.360. The zero-order valence-corrected chi connectivity index (χ0v) is 13.9. The van der Waals surface area contributed by atoms with Crippen molar-refractivity contribution in [1.29, 1.82) is 0 Å². The minimum Gasteiger partial charge on any atom is -0.271 e. The van der Waals surface area contributed by atoms with E-state index in [1.54, 1.807) is 5.57 Å². The lowest BCUT2D eigenvalue weighted by molar-refractivity contribution is 0.535. The molecule has 1 aliphatic heterocycles. The van der Waals surface area contributed by atoms with E-state index in [4.69, 9.17) is 5.84 Å². The highest BCUT2D eigenvalue weighted by atomic mass is 32.2. The first-order valence-corrected chi connectivity index (χ1v) is 9.63. The number of thioether (sulfide) groups is 2. The Morgan fingerprint density at radius 3 is 2.74 bits per heavy atom. The first-order valence-electron chi connectivity index (χ1n) is 7.64. The quantitative estimate of drug-likeness (QED) is 0.473. The molecule has 0 aromatic rings. The third-order valence-electron chi connectivity index (χ3n) is 4.35. The molecule has 19 heavy (non-hydrogen) atoms. The number of rotatable bonds is 3.